The Kier molecular flexibility index (Phi) is 6.42. The zero-order valence-corrected chi connectivity index (χ0v) is 17.3. The van der Waals surface area contributed by atoms with Crippen LogP contribution in [0.3, 0.4) is 0 Å². The van der Waals surface area contributed by atoms with E-state index in [0.29, 0.717) is 38.0 Å². The maximum atomic E-state index is 12.8. The Balaban J connectivity index is 1.86. The number of thioether (sulfide) groups is 1. The standard InChI is InChI=1S/C20H18ClNO3S2/c1-3-10-25-16-9-4-13(11-17(16)24-2)12-18-19(23)22(20(26)27-18)15-7-5-14(21)6-8-15/h4-9,11-12H,3,10H2,1-2H3/b18-12+. The molecule has 140 valence electrons. The fourth-order valence-electron chi connectivity index (χ4n) is 2.54. The van der Waals surface area contributed by atoms with Crippen LogP contribution in [-0.2, 0) is 4.79 Å². The van der Waals surface area contributed by atoms with Crippen molar-refractivity contribution < 1.29 is 14.3 Å². The Bertz CT molecular complexity index is 897. The fraction of sp³-hybridized carbons (Fsp3) is 0.200. The van der Waals surface area contributed by atoms with Crippen LogP contribution in [0.1, 0.15) is 18.9 Å². The quantitative estimate of drug-likeness (QED) is 0.453. The van der Waals surface area contributed by atoms with Crippen molar-refractivity contribution in [1.29, 1.82) is 0 Å². The molecule has 27 heavy (non-hydrogen) atoms. The van der Waals surface area contributed by atoms with Gasteiger partial charge in [-0.25, -0.2) is 0 Å². The SMILES string of the molecule is CCCOc1ccc(/C=C2/SC(=S)N(c3ccc(Cl)cc3)C2=O)cc1OC. The van der Waals surface area contributed by atoms with Crippen molar-refractivity contribution in [1.82, 2.24) is 0 Å². The van der Waals surface area contributed by atoms with Gasteiger partial charge in [0.15, 0.2) is 15.8 Å². The number of benzene rings is 2. The van der Waals surface area contributed by atoms with Gasteiger partial charge < -0.3 is 9.47 Å². The molecule has 2 aromatic carbocycles. The summed E-state index contributed by atoms with van der Waals surface area (Å²) in [6, 6.07) is 12.6. The van der Waals surface area contributed by atoms with Crippen LogP contribution in [0.4, 0.5) is 5.69 Å². The van der Waals surface area contributed by atoms with Crippen LogP contribution >= 0.6 is 35.6 Å². The van der Waals surface area contributed by atoms with Gasteiger partial charge in [0.2, 0.25) is 0 Å². The topological polar surface area (TPSA) is 38.8 Å². The number of halogens is 1. The first-order valence-electron chi connectivity index (χ1n) is 8.38. The molecule has 7 heteroatoms. The highest BCUT2D eigenvalue weighted by molar-refractivity contribution is 8.27. The van der Waals surface area contributed by atoms with E-state index >= 15 is 0 Å². The first kappa shape index (κ1) is 19.7. The lowest BCUT2D eigenvalue weighted by Crippen LogP contribution is -2.27. The minimum Gasteiger partial charge on any atom is -0.493 e. The second kappa shape index (κ2) is 8.78. The fourth-order valence-corrected chi connectivity index (χ4v) is 3.96. The Morgan fingerprint density at radius 2 is 1.93 bits per heavy atom. The Hall–Kier alpha value is -2.02. The number of hydrogen-bond acceptors (Lipinski definition) is 5. The third-order valence-electron chi connectivity index (χ3n) is 3.83. The molecule has 0 unspecified atom stereocenters. The minimum atomic E-state index is -0.155. The predicted octanol–water partition coefficient (Wildman–Crippen LogP) is 5.54. The lowest BCUT2D eigenvalue weighted by Gasteiger charge is -2.14. The predicted molar refractivity (Wildman–Crippen MR) is 116 cm³/mol. The third kappa shape index (κ3) is 4.46. The van der Waals surface area contributed by atoms with Crippen molar-refractivity contribution in [3.63, 3.8) is 0 Å². The van der Waals surface area contributed by atoms with E-state index in [0.717, 1.165) is 12.0 Å². The van der Waals surface area contributed by atoms with Crippen LogP contribution in [-0.4, -0.2) is 23.9 Å². The smallest absolute Gasteiger partial charge is 0.270 e. The summed E-state index contributed by atoms with van der Waals surface area (Å²) in [4.78, 5) is 14.9. The first-order valence-corrected chi connectivity index (χ1v) is 9.98. The molecule has 0 aromatic heterocycles. The van der Waals surface area contributed by atoms with Crippen LogP contribution in [0.5, 0.6) is 11.5 Å². The number of nitrogens with zero attached hydrogens (tertiary/aromatic N) is 1. The van der Waals surface area contributed by atoms with Gasteiger partial charge in [0.25, 0.3) is 5.91 Å². The molecular formula is C20H18ClNO3S2. The molecule has 0 saturated carbocycles. The van der Waals surface area contributed by atoms with Crippen molar-refractivity contribution in [3.8, 4) is 11.5 Å². The number of carbonyl (C=O) groups excluding carboxylic acids is 1. The van der Waals surface area contributed by atoms with Crippen LogP contribution in [0.2, 0.25) is 5.02 Å². The monoisotopic (exact) mass is 419 g/mol. The highest BCUT2D eigenvalue weighted by Crippen LogP contribution is 2.37. The van der Waals surface area contributed by atoms with E-state index in [1.807, 2.05) is 25.1 Å². The maximum Gasteiger partial charge on any atom is 0.270 e. The molecule has 4 nitrogen and oxygen atoms in total. The van der Waals surface area contributed by atoms with Gasteiger partial charge in [0.05, 0.1) is 24.3 Å². The number of carbonyl (C=O) groups is 1. The van der Waals surface area contributed by atoms with E-state index in [2.05, 4.69) is 0 Å². The number of ether oxygens (including phenoxy) is 2. The number of rotatable bonds is 6. The lowest BCUT2D eigenvalue weighted by molar-refractivity contribution is -0.113. The molecule has 0 bridgehead atoms. The van der Waals surface area contributed by atoms with Gasteiger partial charge >= 0.3 is 0 Å². The number of anilines is 1. The molecule has 0 atom stereocenters. The normalized spacial score (nSPS) is 15.5. The van der Waals surface area contributed by atoms with Gasteiger partial charge in [-0.1, -0.05) is 48.6 Å². The van der Waals surface area contributed by atoms with Gasteiger partial charge in [-0.05, 0) is 54.5 Å². The van der Waals surface area contributed by atoms with Crippen LogP contribution in [0, 0.1) is 0 Å². The molecule has 1 aliphatic heterocycles. The first-order chi connectivity index (χ1) is 13.0. The van der Waals surface area contributed by atoms with Gasteiger partial charge in [-0.15, -0.1) is 0 Å². The summed E-state index contributed by atoms with van der Waals surface area (Å²) in [7, 11) is 1.60. The van der Waals surface area contributed by atoms with Gasteiger partial charge in [-0.2, -0.15) is 0 Å². The molecule has 3 rings (SSSR count). The summed E-state index contributed by atoms with van der Waals surface area (Å²) >= 11 is 12.6. The Morgan fingerprint density at radius 1 is 1.19 bits per heavy atom. The van der Waals surface area contributed by atoms with Gasteiger partial charge in [0, 0.05) is 5.02 Å². The summed E-state index contributed by atoms with van der Waals surface area (Å²) in [6.45, 7) is 2.67. The average molecular weight is 420 g/mol. The molecule has 1 heterocycles. The van der Waals surface area contributed by atoms with Crippen molar-refractivity contribution in [2.45, 2.75) is 13.3 Å². The van der Waals surface area contributed by atoms with E-state index < -0.39 is 0 Å². The Morgan fingerprint density at radius 3 is 2.59 bits per heavy atom. The molecule has 1 fully saturated rings. The molecule has 0 spiro atoms. The van der Waals surface area contributed by atoms with Gasteiger partial charge in [-0.3, -0.25) is 9.69 Å². The summed E-state index contributed by atoms with van der Waals surface area (Å²) in [6.07, 6.45) is 2.72. The van der Waals surface area contributed by atoms with E-state index in [9.17, 15) is 4.79 Å². The summed E-state index contributed by atoms with van der Waals surface area (Å²) < 4.78 is 11.6. The average Bonchev–Trinajstić information content (AvgIpc) is 2.94. The van der Waals surface area contributed by atoms with Crippen LogP contribution < -0.4 is 14.4 Å². The van der Waals surface area contributed by atoms with Crippen molar-refractivity contribution in [3.05, 3.63) is 58.0 Å². The highest BCUT2D eigenvalue weighted by Gasteiger charge is 2.33. The summed E-state index contributed by atoms with van der Waals surface area (Å²) in [5.74, 6) is 1.16. The van der Waals surface area contributed by atoms with E-state index in [-0.39, 0.29) is 5.91 Å². The highest BCUT2D eigenvalue weighted by atomic mass is 35.5. The second-order valence-electron chi connectivity index (χ2n) is 5.75. The molecule has 2 aromatic rings. The minimum absolute atomic E-state index is 0.155. The molecule has 1 aliphatic rings. The zero-order chi connectivity index (χ0) is 19.4. The molecule has 1 saturated heterocycles. The maximum absolute atomic E-state index is 12.8. The van der Waals surface area contributed by atoms with E-state index in [4.69, 9.17) is 33.3 Å². The largest absolute Gasteiger partial charge is 0.493 e. The number of amides is 1. The third-order valence-corrected chi connectivity index (χ3v) is 5.38. The molecule has 0 N–H and O–H groups in total. The van der Waals surface area contributed by atoms with E-state index in [1.54, 1.807) is 37.5 Å². The molecule has 1 amide bonds. The molecular weight excluding hydrogens is 402 g/mol. The van der Waals surface area contributed by atoms with Crippen LogP contribution in [0.25, 0.3) is 6.08 Å². The van der Waals surface area contributed by atoms with Crippen molar-refractivity contribution >= 4 is 57.6 Å². The number of methoxy groups -OCH3 is 1. The Labute approximate surface area is 173 Å². The second-order valence-corrected chi connectivity index (χ2v) is 7.86. The zero-order valence-electron chi connectivity index (χ0n) is 14.9. The molecule has 0 aliphatic carbocycles. The molecule has 0 radical (unpaired) electrons. The van der Waals surface area contributed by atoms with E-state index in [1.165, 1.54) is 16.7 Å². The number of thiocarbonyl (C=S) groups is 1. The summed E-state index contributed by atoms with van der Waals surface area (Å²) in [5.41, 5.74) is 1.54. The van der Waals surface area contributed by atoms with Crippen LogP contribution in [0.15, 0.2) is 47.4 Å². The van der Waals surface area contributed by atoms with Crippen molar-refractivity contribution in [2.75, 3.05) is 18.6 Å². The van der Waals surface area contributed by atoms with Gasteiger partial charge in [0.1, 0.15) is 0 Å². The lowest BCUT2D eigenvalue weighted by atomic mass is 10.2. The summed E-state index contributed by atoms with van der Waals surface area (Å²) in [5, 5.41) is 0.609. The number of hydrogen-bond donors (Lipinski definition) is 0. The van der Waals surface area contributed by atoms with Crippen molar-refractivity contribution in [2.24, 2.45) is 0 Å².